The molecule has 2 aliphatic heterocycles. The molecule has 198 valence electrons. The molecular weight excluding hydrogens is 466 g/mol. The van der Waals surface area contributed by atoms with Crippen molar-refractivity contribution < 1.29 is 24.3 Å². The number of nitrogens with zero attached hydrogens (tertiary/aromatic N) is 4. The molecule has 2 saturated heterocycles. The van der Waals surface area contributed by atoms with Crippen LogP contribution in [-0.2, 0) is 14.4 Å². The standard InChI is InChI=1S/C24H37N7O5/c1-15(2)13-18(20(32)14-26-25)28-22(34)19-9-6-12-30-21(33)11-10-17(23(35)31(19)30)29-24(36)27-16-7-4-3-5-8-16/h14-19H,3-13H2,1-2H3,(H3-,27,28,29,32,34,36)/p+1/b20-14-/t17-,18-,19-/m0/s1. The summed E-state index contributed by atoms with van der Waals surface area (Å²) in [6.45, 7) is 4.13. The number of amides is 5. The molecule has 3 fully saturated rings. The minimum atomic E-state index is -0.979. The molecule has 36 heavy (non-hydrogen) atoms. The van der Waals surface area contributed by atoms with Gasteiger partial charge in [0.1, 0.15) is 12.1 Å². The van der Waals surface area contributed by atoms with Gasteiger partial charge in [-0.3, -0.25) is 19.4 Å². The van der Waals surface area contributed by atoms with Crippen LogP contribution in [0.25, 0.3) is 4.98 Å². The Morgan fingerprint density at radius 2 is 1.83 bits per heavy atom. The van der Waals surface area contributed by atoms with Gasteiger partial charge < -0.3 is 21.1 Å². The van der Waals surface area contributed by atoms with Crippen molar-refractivity contribution in [3.05, 3.63) is 16.9 Å². The second-order valence-electron chi connectivity index (χ2n) is 10.3. The fourth-order valence-corrected chi connectivity index (χ4v) is 5.18. The zero-order valence-electron chi connectivity index (χ0n) is 21.1. The fourth-order valence-electron chi connectivity index (χ4n) is 5.18. The van der Waals surface area contributed by atoms with Gasteiger partial charge in [0.25, 0.3) is 5.91 Å². The smallest absolute Gasteiger partial charge is 0.389 e. The van der Waals surface area contributed by atoms with Gasteiger partial charge in [0.15, 0.2) is 4.98 Å². The van der Waals surface area contributed by atoms with E-state index in [1.165, 1.54) is 10.0 Å². The Balaban J connectivity index is 1.75. The fraction of sp³-hybridized carbons (Fsp3) is 0.750. The predicted molar refractivity (Wildman–Crippen MR) is 130 cm³/mol. The minimum Gasteiger partial charge on any atom is -0.504 e. The number of aliphatic hydroxyl groups excluding tert-OH is 1. The van der Waals surface area contributed by atoms with Crippen LogP contribution in [0, 0.1) is 11.3 Å². The van der Waals surface area contributed by atoms with E-state index in [0.717, 1.165) is 38.3 Å². The molecule has 3 atom stereocenters. The largest absolute Gasteiger partial charge is 0.504 e. The maximum absolute atomic E-state index is 13.6. The van der Waals surface area contributed by atoms with Crippen molar-refractivity contribution in [2.75, 3.05) is 6.54 Å². The third-order valence-corrected chi connectivity index (χ3v) is 6.98. The Morgan fingerprint density at radius 3 is 2.50 bits per heavy atom. The highest BCUT2D eigenvalue weighted by Gasteiger charge is 2.45. The number of carbonyl (C=O) groups excluding carboxylic acids is 4. The van der Waals surface area contributed by atoms with E-state index in [0.29, 0.717) is 25.8 Å². The molecule has 2 heterocycles. The molecule has 0 radical (unpaired) electrons. The maximum Gasteiger partial charge on any atom is 0.389 e. The minimum absolute atomic E-state index is 0.0653. The van der Waals surface area contributed by atoms with Gasteiger partial charge in [-0.25, -0.2) is 9.80 Å². The summed E-state index contributed by atoms with van der Waals surface area (Å²) in [6.07, 6.45) is 7.35. The summed E-state index contributed by atoms with van der Waals surface area (Å²) in [6, 6.07) is -3.12. The number of diazo groups is 1. The second kappa shape index (κ2) is 12.6. The van der Waals surface area contributed by atoms with Crippen molar-refractivity contribution in [1.82, 2.24) is 26.0 Å². The van der Waals surface area contributed by atoms with Crippen LogP contribution in [0.4, 0.5) is 4.79 Å². The van der Waals surface area contributed by atoms with Gasteiger partial charge in [-0.15, -0.1) is 0 Å². The number of nitrogens with one attached hydrogen (secondary N) is 3. The van der Waals surface area contributed by atoms with Crippen molar-refractivity contribution >= 4 is 23.8 Å². The van der Waals surface area contributed by atoms with E-state index in [1.807, 2.05) is 13.8 Å². The first-order chi connectivity index (χ1) is 17.2. The number of hydrazine groups is 1. The van der Waals surface area contributed by atoms with Crippen LogP contribution < -0.4 is 16.0 Å². The molecule has 0 unspecified atom stereocenters. The molecule has 4 N–H and O–H groups in total. The number of fused-ring (bicyclic) bond motifs is 1. The Labute approximate surface area is 211 Å². The second-order valence-corrected chi connectivity index (χ2v) is 10.3. The molecule has 1 aliphatic carbocycles. The Hall–Kier alpha value is -3.36. The topological polar surface area (TPSA) is 159 Å². The van der Waals surface area contributed by atoms with Gasteiger partial charge in [0.2, 0.25) is 23.0 Å². The van der Waals surface area contributed by atoms with Gasteiger partial charge >= 0.3 is 12.2 Å². The lowest BCUT2D eigenvalue weighted by Gasteiger charge is -2.43. The van der Waals surface area contributed by atoms with Crippen LogP contribution in [0.2, 0.25) is 0 Å². The molecule has 3 rings (SSSR count). The van der Waals surface area contributed by atoms with Crippen molar-refractivity contribution in [2.24, 2.45) is 5.92 Å². The molecule has 1 saturated carbocycles. The molecule has 0 aromatic carbocycles. The number of aliphatic hydroxyl groups is 1. The monoisotopic (exact) mass is 504 g/mol. The summed E-state index contributed by atoms with van der Waals surface area (Å²) in [4.78, 5) is 55.2. The first kappa shape index (κ1) is 27.2. The predicted octanol–water partition coefficient (Wildman–Crippen LogP) is 2.30. The average molecular weight is 505 g/mol. The van der Waals surface area contributed by atoms with Crippen molar-refractivity contribution in [1.29, 1.82) is 5.39 Å². The first-order valence-corrected chi connectivity index (χ1v) is 12.9. The highest BCUT2D eigenvalue weighted by atomic mass is 16.3. The summed E-state index contributed by atoms with van der Waals surface area (Å²) in [5.41, 5.74) is 0. The van der Waals surface area contributed by atoms with Gasteiger partial charge in [0.05, 0.1) is 6.04 Å². The number of urea groups is 1. The Morgan fingerprint density at radius 1 is 1.11 bits per heavy atom. The number of hydrogen-bond donors (Lipinski definition) is 4. The van der Waals surface area contributed by atoms with Gasteiger partial charge in [-0.2, -0.15) is 0 Å². The van der Waals surface area contributed by atoms with E-state index in [4.69, 9.17) is 5.39 Å². The van der Waals surface area contributed by atoms with Crippen LogP contribution in [0.3, 0.4) is 0 Å². The van der Waals surface area contributed by atoms with Gasteiger partial charge in [-0.05, 0) is 44.4 Å². The number of hydrogen-bond acceptors (Lipinski definition) is 6. The molecule has 0 aromatic rings. The van der Waals surface area contributed by atoms with Crippen molar-refractivity contribution in [3.63, 3.8) is 0 Å². The molecule has 12 heteroatoms. The van der Waals surface area contributed by atoms with E-state index in [2.05, 4.69) is 20.9 Å². The molecule has 0 aromatic heterocycles. The lowest BCUT2D eigenvalue weighted by Crippen LogP contribution is -2.64. The van der Waals surface area contributed by atoms with Gasteiger partial charge in [0, 0.05) is 19.0 Å². The first-order valence-electron chi connectivity index (χ1n) is 12.9. The summed E-state index contributed by atoms with van der Waals surface area (Å²) < 4.78 is 0. The summed E-state index contributed by atoms with van der Waals surface area (Å²) >= 11 is 0. The number of carbonyl (C=O) groups is 4. The van der Waals surface area contributed by atoms with Crippen molar-refractivity contribution in [3.8, 4) is 0 Å². The summed E-state index contributed by atoms with van der Waals surface area (Å²) in [5.74, 6) is -1.53. The zero-order chi connectivity index (χ0) is 26.2. The normalized spacial score (nSPS) is 24.4. The SMILES string of the molecule is CC(C)C[C@H](NC(=O)[C@@H]1CCCN2C(=O)CC[C@H](NC(=O)NC3CCCCC3)C(=O)N12)/C(O)=C/[N+]#N. The zero-order valence-corrected chi connectivity index (χ0v) is 21.1. The summed E-state index contributed by atoms with van der Waals surface area (Å²) in [7, 11) is 0. The third-order valence-electron chi connectivity index (χ3n) is 6.98. The lowest BCUT2D eigenvalue weighted by atomic mass is 9.96. The Bertz CT molecular complexity index is 909. The van der Waals surface area contributed by atoms with Crippen LogP contribution >= 0.6 is 0 Å². The third kappa shape index (κ3) is 6.86. The molecule has 0 spiro atoms. The molecule has 12 nitrogen and oxygen atoms in total. The highest BCUT2D eigenvalue weighted by molar-refractivity contribution is 5.95. The van der Waals surface area contributed by atoms with E-state index in [1.54, 1.807) is 0 Å². The van der Waals surface area contributed by atoms with Gasteiger partial charge in [-0.1, -0.05) is 33.1 Å². The van der Waals surface area contributed by atoms with E-state index in [-0.39, 0.29) is 36.5 Å². The molecule has 5 amide bonds. The van der Waals surface area contributed by atoms with Crippen LogP contribution in [0.1, 0.15) is 78.1 Å². The lowest BCUT2D eigenvalue weighted by molar-refractivity contribution is -0.176. The Kier molecular flexibility index (Phi) is 9.50. The molecule has 0 bridgehead atoms. The molecule has 3 aliphatic rings. The quantitative estimate of drug-likeness (QED) is 0.307. The van der Waals surface area contributed by atoms with E-state index in [9.17, 15) is 24.3 Å². The maximum atomic E-state index is 13.6. The average Bonchev–Trinajstić information content (AvgIpc) is 2.96. The van der Waals surface area contributed by atoms with Crippen LogP contribution in [0.15, 0.2) is 12.0 Å². The van der Waals surface area contributed by atoms with Crippen molar-refractivity contribution in [2.45, 2.75) is 102 Å². The van der Waals surface area contributed by atoms with E-state index < -0.39 is 36.0 Å². The summed E-state index contributed by atoms with van der Waals surface area (Å²) in [5, 5.41) is 29.9. The van der Waals surface area contributed by atoms with Crippen LogP contribution in [0.5, 0.6) is 0 Å². The van der Waals surface area contributed by atoms with Crippen LogP contribution in [-0.4, -0.2) is 69.6 Å². The molecular formula is C24H38N7O5+. The van der Waals surface area contributed by atoms with E-state index >= 15 is 0 Å². The highest BCUT2D eigenvalue weighted by Crippen LogP contribution is 2.26. The number of rotatable bonds is 7.